The minimum atomic E-state index is 0.913. The predicted molar refractivity (Wildman–Crippen MR) is 107 cm³/mol. The van der Waals surface area contributed by atoms with E-state index in [1.807, 2.05) is 0 Å². The Hall–Kier alpha value is -2.46. The molecule has 0 amide bonds. The molecule has 1 nitrogen and oxygen atoms in total. The van der Waals surface area contributed by atoms with Crippen molar-refractivity contribution >= 4 is 23.5 Å². The summed E-state index contributed by atoms with van der Waals surface area (Å²) in [7, 11) is 0. The van der Waals surface area contributed by atoms with Crippen molar-refractivity contribution in [2.75, 3.05) is 0 Å². The molecule has 2 aromatic rings. The Bertz CT molecular complexity index is 930. The fraction of sp³-hybridized carbons (Fsp3) is 0.261. The zero-order valence-corrected chi connectivity index (χ0v) is 14.9. The first-order valence-electron chi connectivity index (χ1n) is 8.82. The van der Waals surface area contributed by atoms with Crippen molar-refractivity contribution in [3.8, 4) is 11.8 Å². The maximum Gasteiger partial charge on any atom is 0.0637 e. The van der Waals surface area contributed by atoms with Crippen LogP contribution in [0.3, 0.4) is 0 Å². The fourth-order valence-electron chi connectivity index (χ4n) is 3.23. The minimum Gasteiger partial charge on any atom is -0.199 e. The summed E-state index contributed by atoms with van der Waals surface area (Å²) in [4.78, 5) is 4.11. The standard InChI is InChI=1S/C23H19NS/c25-16-24-23-12-11-21-14-20(9-10-22(21)15-23)6-3-17-1-4-18(5-2-17)13-19-7-8-19/h1-2,4-5,9-10,14-15,19H,7-8,11-13H2. The predicted octanol–water partition coefficient (Wildman–Crippen LogP) is 5.43. The number of aryl methyl sites for hydroxylation is 1. The number of hydrogen-bond acceptors (Lipinski definition) is 2. The van der Waals surface area contributed by atoms with Gasteiger partial charge in [0, 0.05) is 11.1 Å². The summed E-state index contributed by atoms with van der Waals surface area (Å²) < 4.78 is 0. The second-order valence-corrected chi connectivity index (χ2v) is 7.03. The number of benzene rings is 2. The van der Waals surface area contributed by atoms with E-state index in [1.54, 1.807) is 0 Å². The van der Waals surface area contributed by atoms with Crippen LogP contribution in [0.25, 0.3) is 6.08 Å². The average molecular weight is 341 g/mol. The first-order valence-corrected chi connectivity index (χ1v) is 9.23. The van der Waals surface area contributed by atoms with Crippen molar-refractivity contribution in [3.63, 3.8) is 0 Å². The smallest absolute Gasteiger partial charge is 0.0637 e. The lowest BCUT2D eigenvalue weighted by atomic mass is 9.94. The second kappa shape index (κ2) is 7.19. The molecule has 0 saturated heterocycles. The van der Waals surface area contributed by atoms with Gasteiger partial charge in [0.1, 0.15) is 0 Å². The van der Waals surface area contributed by atoms with Crippen LogP contribution >= 0.6 is 12.2 Å². The van der Waals surface area contributed by atoms with Gasteiger partial charge in [0.15, 0.2) is 0 Å². The molecule has 0 atom stereocenters. The third kappa shape index (κ3) is 4.15. The number of rotatable bonds is 3. The summed E-state index contributed by atoms with van der Waals surface area (Å²) in [6.45, 7) is 0. The molecule has 25 heavy (non-hydrogen) atoms. The lowest BCUT2D eigenvalue weighted by molar-refractivity contribution is 0.832. The van der Waals surface area contributed by atoms with Gasteiger partial charge in [-0.15, -0.1) is 0 Å². The van der Waals surface area contributed by atoms with E-state index >= 15 is 0 Å². The molecule has 0 aliphatic heterocycles. The van der Waals surface area contributed by atoms with E-state index in [1.165, 1.54) is 36.0 Å². The third-order valence-corrected chi connectivity index (χ3v) is 4.92. The molecular weight excluding hydrogens is 322 g/mol. The number of thiocarbonyl (C=S) groups is 1. The summed E-state index contributed by atoms with van der Waals surface area (Å²) >= 11 is 4.69. The summed E-state index contributed by atoms with van der Waals surface area (Å²) in [6, 6.07) is 15.1. The van der Waals surface area contributed by atoms with Crippen LogP contribution in [0.15, 0.2) is 53.2 Å². The van der Waals surface area contributed by atoms with E-state index < -0.39 is 0 Å². The normalized spacial score (nSPS) is 15.3. The van der Waals surface area contributed by atoms with Gasteiger partial charge in [-0.3, -0.25) is 0 Å². The van der Waals surface area contributed by atoms with Gasteiger partial charge in [0.25, 0.3) is 0 Å². The Morgan fingerprint density at radius 2 is 1.72 bits per heavy atom. The molecule has 0 radical (unpaired) electrons. The van der Waals surface area contributed by atoms with Crippen LogP contribution in [0, 0.1) is 17.8 Å². The lowest BCUT2D eigenvalue weighted by Crippen LogP contribution is -1.98. The maximum atomic E-state index is 4.69. The number of isothiocyanates is 1. The van der Waals surface area contributed by atoms with Gasteiger partial charge in [0.05, 0.1) is 10.9 Å². The van der Waals surface area contributed by atoms with Crippen molar-refractivity contribution in [3.05, 3.63) is 76.0 Å². The van der Waals surface area contributed by atoms with E-state index in [-0.39, 0.29) is 0 Å². The van der Waals surface area contributed by atoms with Crippen LogP contribution in [0.1, 0.15) is 47.1 Å². The first kappa shape index (κ1) is 16.0. The Kier molecular flexibility index (Phi) is 4.61. The van der Waals surface area contributed by atoms with Crippen LogP contribution in [0.2, 0.25) is 0 Å². The average Bonchev–Trinajstić information content (AvgIpc) is 3.45. The number of hydrogen-bond donors (Lipinski definition) is 0. The molecule has 1 saturated carbocycles. The van der Waals surface area contributed by atoms with Gasteiger partial charge in [-0.1, -0.05) is 30.0 Å². The largest absolute Gasteiger partial charge is 0.199 e. The van der Waals surface area contributed by atoms with E-state index in [4.69, 9.17) is 0 Å². The SMILES string of the molecule is S=C=NC1=Cc2ccc(C#Cc3ccc(CC4CC4)cc3)cc2CC1. The zero-order valence-electron chi connectivity index (χ0n) is 14.1. The van der Waals surface area contributed by atoms with E-state index in [0.717, 1.165) is 35.6 Å². The van der Waals surface area contributed by atoms with Crippen LogP contribution in [0.4, 0.5) is 0 Å². The van der Waals surface area contributed by atoms with Gasteiger partial charge in [0.2, 0.25) is 0 Å². The number of allylic oxidation sites excluding steroid dienone is 1. The quantitative estimate of drug-likeness (QED) is 0.412. The Labute approximate surface area is 154 Å². The number of aliphatic imine (C=N–C) groups is 1. The maximum absolute atomic E-state index is 4.69. The molecule has 2 aliphatic carbocycles. The highest BCUT2D eigenvalue weighted by atomic mass is 32.1. The molecule has 2 aliphatic rings. The highest BCUT2D eigenvalue weighted by molar-refractivity contribution is 7.78. The molecule has 0 aromatic heterocycles. The van der Waals surface area contributed by atoms with Gasteiger partial charge in [-0.25, -0.2) is 0 Å². The minimum absolute atomic E-state index is 0.913. The Morgan fingerprint density at radius 1 is 0.960 bits per heavy atom. The highest BCUT2D eigenvalue weighted by Gasteiger charge is 2.21. The topological polar surface area (TPSA) is 12.4 Å². The molecule has 0 unspecified atom stereocenters. The van der Waals surface area contributed by atoms with Crippen molar-refractivity contribution < 1.29 is 0 Å². The fourth-order valence-corrected chi connectivity index (χ4v) is 3.34. The van der Waals surface area contributed by atoms with Gasteiger partial charge in [-0.2, -0.15) is 4.99 Å². The molecule has 0 spiro atoms. The van der Waals surface area contributed by atoms with Crippen molar-refractivity contribution in [2.24, 2.45) is 10.9 Å². The lowest BCUT2D eigenvalue weighted by Gasteiger charge is -2.13. The first-order chi connectivity index (χ1) is 12.3. The monoisotopic (exact) mass is 341 g/mol. The second-order valence-electron chi connectivity index (χ2n) is 6.85. The van der Waals surface area contributed by atoms with Crippen LogP contribution < -0.4 is 0 Å². The summed E-state index contributed by atoms with van der Waals surface area (Å²) in [5.74, 6) is 7.51. The highest BCUT2D eigenvalue weighted by Crippen LogP contribution is 2.32. The molecule has 0 heterocycles. The molecule has 0 N–H and O–H groups in total. The molecule has 2 heteroatoms. The summed E-state index contributed by atoms with van der Waals surface area (Å²) in [5, 5.41) is 2.45. The molecule has 122 valence electrons. The molecule has 4 rings (SSSR count). The summed E-state index contributed by atoms with van der Waals surface area (Å²) in [5.41, 5.74) is 7.13. The zero-order chi connectivity index (χ0) is 17.1. The van der Waals surface area contributed by atoms with Crippen LogP contribution in [-0.4, -0.2) is 5.16 Å². The number of fused-ring (bicyclic) bond motifs is 1. The van der Waals surface area contributed by atoms with Crippen molar-refractivity contribution in [2.45, 2.75) is 32.1 Å². The molecular formula is C23H19NS. The van der Waals surface area contributed by atoms with Crippen molar-refractivity contribution in [1.82, 2.24) is 0 Å². The molecule has 2 aromatic carbocycles. The molecule has 0 bridgehead atoms. The van der Waals surface area contributed by atoms with E-state index in [0.29, 0.717) is 0 Å². The molecule has 1 fully saturated rings. The van der Waals surface area contributed by atoms with Crippen molar-refractivity contribution in [1.29, 1.82) is 0 Å². The summed E-state index contributed by atoms with van der Waals surface area (Å²) in [6.07, 6.45) is 8.00. The van der Waals surface area contributed by atoms with Gasteiger partial charge in [-0.05, 0) is 97.3 Å². The van der Waals surface area contributed by atoms with E-state index in [9.17, 15) is 0 Å². The Balaban J connectivity index is 1.50. The number of nitrogens with zero attached hydrogens (tertiary/aromatic N) is 1. The van der Waals surface area contributed by atoms with Gasteiger partial charge < -0.3 is 0 Å². The Morgan fingerprint density at radius 3 is 2.48 bits per heavy atom. The van der Waals surface area contributed by atoms with E-state index in [2.05, 4.69) is 82.8 Å². The van der Waals surface area contributed by atoms with Crippen LogP contribution in [0.5, 0.6) is 0 Å². The van der Waals surface area contributed by atoms with Crippen LogP contribution in [-0.2, 0) is 12.8 Å². The van der Waals surface area contributed by atoms with Gasteiger partial charge >= 0.3 is 0 Å². The third-order valence-electron chi connectivity index (χ3n) is 4.83.